The van der Waals surface area contributed by atoms with E-state index < -0.39 is 22.8 Å². The van der Waals surface area contributed by atoms with Crippen LogP contribution in [0.3, 0.4) is 0 Å². The molecule has 9 rings (SSSR count). The highest BCUT2D eigenvalue weighted by atomic mass is 16.5. The fourth-order valence-electron chi connectivity index (χ4n) is 8.71. The van der Waals surface area contributed by atoms with Crippen LogP contribution in [0.2, 0.25) is 0 Å². The van der Waals surface area contributed by atoms with Crippen molar-refractivity contribution in [2.24, 2.45) is 10.8 Å². The Morgan fingerprint density at radius 2 is 1.05 bits per heavy atom. The number of carboxylic acid groups (broad SMARTS) is 2. The van der Waals surface area contributed by atoms with E-state index in [9.17, 15) is 29.4 Å². The number of aromatic nitrogens is 6. The van der Waals surface area contributed by atoms with Crippen LogP contribution in [0.15, 0.2) is 83.2 Å². The predicted octanol–water partition coefficient (Wildman–Crippen LogP) is 7.80. The van der Waals surface area contributed by atoms with Crippen LogP contribution in [0.25, 0.3) is 44.8 Å². The van der Waals surface area contributed by atoms with Gasteiger partial charge < -0.3 is 39.9 Å². The van der Waals surface area contributed by atoms with Crippen molar-refractivity contribution < 1.29 is 29.3 Å². The van der Waals surface area contributed by atoms with Crippen molar-refractivity contribution in [2.75, 3.05) is 25.3 Å². The summed E-state index contributed by atoms with van der Waals surface area (Å²) in [6, 6.07) is 11.2. The van der Waals surface area contributed by atoms with Crippen LogP contribution in [0, 0.1) is 10.8 Å². The maximum atomic E-state index is 12.6. The van der Waals surface area contributed by atoms with Crippen molar-refractivity contribution in [1.29, 1.82) is 0 Å². The normalized spacial score (nSPS) is 16.1. The van der Waals surface area contributed by atoms with E-state index in [1.807, 2.05) is 27.3 Å². The number of nitrogens with one attached hydrogen (secondary N) is 1. The minimum Gasteiger partial charge on any atom is -0.496 e. The Balaban J connectivity index is 0.000000178. The van der Waals surface area contributed by atoms with E-state index >= 15 is 0 Å². The molecule has 2 aromatic carbocycles. The summed E-state index contributed by atoms with van der Waals surface area (Å²) in [6.07, 6.45) is 13.5. The summed E-state index contributed by atoms with van der Waals surface area (Å²) >= 11 is 0. The zero-order valence-electron chi connectivity index (χ0n) is 37.6. The maximum Gasteiger partial charge on any atom is 0.341 e. The number of pyridine rings is 2. The molecular weight excluding hydrogens is 829 g/mol. The Hall–Kier alpha value is -7.36. The summed E-state index contributed by atoms with van der Waals surface area (Å²) in [4.78, 5) is 65.5. The summed E-state index contributed by atoms with van der Waals surface area (Å²) in [7, 11) is 3.18. The fraction of sp³-hybridized carbons (Fsp3) is 0.347. The SMILES string of the molecule is COc1cc2c(cc1-c1cnc(N)nc1)CC(C(C)(C)C)n1cc(C(=O)O)c(=O)cc1-2.COc1cc2c(cc1-c1cnc(NC3CC3)nc1)CC(C(C)(C)C)n1cc(C(=O)O)c(=O)cc1-2. The molecule has 2 aliphatic heterocycles. The zero-order chi connectivity index (χ0) is 46.7. The van der Waals surface area contributed by atoms with Crippen molar-refractivity contribution in [1.82, 2.24) is 29.1 Å². The molecule has 336 valence electrons. The standard InChI is InChI=1S/C26H28N4O4.C23H24N4O4/c1-26(2,3)23-8-14-7-18(15-11-27-25(28-12-15)29-16-5-6-16)22(34-4)9-17(14)20-10-21(31)19(24(32)33)13-30(20)23;1-23(2,3)20-6-12-5-15(13-9-25-22(24)26-10-13)19(31-4)7-14(12)17-8-18(28)16(21(29)30)11-27(17)20/h7,9-13,16,23H,5-6,8H2,1-4H3,(H,32,33)(H,27,28,29);5,7-11,20H,6H2,1-4H3,(H,29,30)(H2,24,25,26). The maximum absolute atomic E-state index is 12.6. The lowest BCUT2D eigenvalue weighted by Gasteiger charge is -2.39. The van der Waals surface area contributed by atoms with Crippen molar-refractivity contribution >= 4 is 23.8 Å². The fourth-order valence-corrected chi connectivity index (χ4v) is 8.71. The molecule has 2 atom stereocenters. The first-order valence-corrected chi connectivity index (χ1v) is 21.3. The second-order valence-electron chi connectivity index (χ2n) is 18.9. The van der Waals surface area contributed by atoms with Gasteiger partial charge >= 0.3 is 11.9 Å². The molecule has 1 fully saturated rings. The molecule has 5 N–H and O–H groups in total. The number of nitrogens with two attached hydrogens (primary N) is 1. The molecule has 16 nitrogen and oxygen atoms in total. The van der Waals surface area contributed by atoms with Gasteiger partial charge in [-0.25, -0.2) is 29.5 Å². The number of carbonyl (C=O) groups is 2. The highest BCUT2D eigenvalue weighted by Crippen LogP contribution is 2.47. The number of hydrogen-bond acceptors (Lipinski definition) is 12. The third-order valence-electron chi connectivity index (χ3n) is 12.4. The summed E-state index contributed by atoms with van der Waals surface area (Å²) in [5.41, 5.74) is 12.3. The van der Waals surface area contributed by atoms with Gasteiger partial charge in [0.2, 0.25) is 11.9 Å². The van der Waals surface area contributed by atoms with Gasteiger partial charge in [-0.15, -0.1) is 0 Å². The van der Waals surface area contributed by atoms with E-state index in [0.717, 1.165) is 57.3 Å². The molecule has 6 heterocycles. The zero-order valence-corrected chi connectivity index (χ0v) is 37.6. The van der Waals surface area contributed by atoms with Crippen molar-refractivity contribution in [3.8, 4) is 56.3 Å². The summed E-state index contributed by atoms with van der Waals surface area (Å²) in [6.45, 7) is 12.7. The number of ether oxygens (including phenoxy) is 2. The smallest absolute Gasteiger partial charge is 0.341 e. The molecule has 4 aromatic heterocycles. The van der Waals surface area contributed by atoms with Crippen LogP contribution in [0.4, 0.5) is 11.9 Å². The van der Waals surface area contributed by atoms with E-state index in [4.69, 9.17) is 15.2 Å². The highest BCUT2D eigenvalue weighted by Gasteiger charge is 2.36. The Morgan fingerprint density at radius 1 is 0.646 bits per heavy atom. The molecule has 65 heavy (non-hydrogen) atoms. The Kier molecular flexibility index (Phi) is 11.3. The first kappa shape index (κ1) is 44.3. The van der Waals surface area contributed by atoms with Crippen molar-refractivity contribution in [3.05, 3.63) is 116 Å². The molecule has 6 aromatic rings. The van der Waals surface area contributed by atoms with Crippen LogP contribution in [-0.2, 0) is 12.8 Å². The van der Waals surface area contributed by atoms with Gasteiger partial charge in [0.05, 0.1) is 25.6 Å². The summed E-state index contributed by atoms with van der Waals surface area (Å²) < 4.78 is 15.2. The summed E-state index contributed by atoms with van der Waals surface area (Å²) in [5.74, 6) is -0.390. The second kappa shape index (κ2) is 16.6. The molecule has 3 aliphatic rings. The molecule has 16 heteroatoms. The minimum absolute atomic E-state index is 0.0312. The van der Waals surface area contributed by atoms with Gasteiger partial charge in [-0.1, -0.05) is 41.5 Å². The first-order chi connectivity index (χ1) is 30.7. The molecule has 2 unspecified atom stereocenters. The van der Waals surface area contributed by atoms with Gasteiger partial charge in [-0.2, -0.15) is 0 Å². The Bertz CT molecular complexity index is 2980. The second-order valence-corrected chi connectivity index (χ2v) is 18.9. The summed E-state index contributed by atoms with van der Waals surface area (Å²) in [5, 5.41) is 22.3. The van der Waals surface area contributed by atoms with E-state index in [1.54, 1.807) is 39.0 Å². The van der Waals surface area contributed by atoms with Crippen molar-refractivity contribution in [2.45, 2.75) is 85.4 Å². The molecule has 1 saturated carbocycles. The molecular formula is C49H52N8O8. The molecule has 0 spiro atoms. The lowest BCUT2D eigenvalue weighted by molar-refractivity contribution is 0.0683. The number of methoxy groups -OCH3 is 2. The molecule has 0 saturated heterocycles. The quantitative estimate of drug-likeness (QED) is 0.114. The van der Waals surface area contributed by atoms with Gasteiger partial charge in [-0.3, -0.25) is 9.59 Å². The number of anilines is 2. The van der Waals surface area contributed by atoms with Gasteiger partial charge in [0.15, 0.2) is 10.9 Å². The number of nitrogen functional groups attached to an aromatic ring is 1. The molecule has 0 radical (unpaired) electrons. The van der Waals surface area contributed by atoms with Crippen molar-refractivity contribution in [3.63, 3.8) is 0 Å². The average Bonchev–Trinajstić information content (AvgIpc) is 4.08. The van der Waals surface area contributed by atoms with Gasteiger partial charge in [-0.05, 0) is 71.9 Å². The third kappa shape index (κ3) is 8.67. The Morgan fingerprint density at radius 3 is 1.40 bits per heavy atom. The van der Waals surface area contributed by atoms with Crippen LogP contribution in [0.1, 0.15) is 98.3 Å². The van der Waals surface area contributed by atoms with Crippen LogP contribution >= 0.6 is 0 Å². The molecule has 0 amide bonds. The van der Waals surface area contributed by atoms with E-state index in [0.29, 0.717) is 47.7 Å². The van der Waals surface area contributed by atoms with Gasteiger partial charge in [0, 0.05) is 101 Å². The number of fused-ring (bicyclic) bond motifs is 6. The van der Waals surface area contributed by atoms with E-state index in [2.05, 4.69) is 72.9 Å². The molecule has 1 aliphatic carbocycles. The van der Waals surface area contributed by atoms with E-state index in [1.165, 1.54) is 24.5 Å². The highest BCUT2D eigenvalue weighted by molar-refractivity contribution is 5.89. The number of aromatic carboxylic acids is 2. The lowest BCUT2D eigenvalue weighted by atomic mass is 9.78. The van der Waals surface area contributed by atoms with E-state index in [-0.39, 0.29) is 40.0 Å². The largest absolute Gasteiger partial charge is 0.496 e. The lowest BCUT2D eigenvalue weighted by Crippen LogP contribution is -2.32. The van der Waals surface area contributed by atoms with Crippen LogP contribution in [0.5, 0.6) is 11.5 Å². The number of nitrogens with zero attached hydrogens (tertiary/aromatic N) is 6. The topological polar surface area (TPSA) is 227 Å². The number of rotatable bonds is 8. The number of carboxylic acids is 2. The number of benzene rings is 2. The monoisotopic (exact) mass is 880 g/mol. The van der Waals surface area contributed by atoms with Gasteiger partial charge in [0.25, 0.3) is 0 Å². The third-order valence-corrected chi connectivity index (χ3v) is 12.4. The number of hydrogen-bond donors (Lipinski definition) is 4. The van der Waals surface area contributed by atoms with Crippen LogP contribution in [-0.4, -0.2) is 71.5 Å². The first-order valence-electron chi connectivity index (χ1n) is 21.3. The van der Waals surface area contributed by atoms with Gasteiger partial charge in [0.1, 0.15) is 22.6 Å². The minimum atomic E-state index is -1.23. The Labute approximate surface area is 375 Å². The van der Waals surface area contributed by atoms with Crippen LogP contribution < -0.4 is 31.4 Å². The predicted molar refractivity (Wildman–Crippen MR) is 247 cm³/mol. The average molecular weight is 881 g/mol. The molecule has 0 bridgehead atoms.